The number of nitrogens with zero attached hydrogens (tertiary/aromatic N) is 3. The lowest BCUT2D eigenvalue weighted by Crippen LogP contribution is -2.38. The van der Waals surface area contributed by atoms with E-state index >= 15 is 0 Å². The first-order valence-electron chi connectivity index (χ1n) is 16.7. The van der Waals surface area contributed by atoms with Crippen molar-refractivity contribution in [3.8, 4) is 0 Å². The Labute approximate surface area is 274 Å². The van der Waals surface area contributed by atoms with Gasteiger partial charge in [0.1, 0.15) is 6.54 Å². The molecule has 0 radical (unpaired) electrons. The molecule has 3 heterocycles. The second-order valence-electron chi connectivity index (χ2n) is 13.8. The minimum absolute atomic E-state index is 0.0344. The fourth-order valence-corrected chi connectivity index (χ4v) is 7.25. The molecule has 1 fully saturated rings. The van der Waals surface area contributed by atoms with Gasteiger partial charge in [-0.3, -0.25) is 19.3 Å². The van der Waals surface area contributed by atoms with Gasteiger partial charge in [-0.25, -0.2) is 0 Å². The van der Waals surface area contributed by atoms with E-state index in [-0.39, 0.29) is 47.4 Å². The highest BCUT2D eigenvalue weighted by molar-refractivity contribution is 6.03. The van der Waals surface area contributed by atoms with Crippen LogP contribution in [-0.2, 0) is 25.2 Å². The number of amides is 3. The normalized spacial score (nSPS) is 20.9. The number of hydrogen-bond donors (Lipinski definition) is 1. The number of hydrogen-bond acceptors (Lipinski definition) is 4. The number of benzene rings is 2. The van der Waals surface area contributed by atoms with E-state index in [2.05, 4.69) is 128 Å². The van der Waals surface area contributed by atoms with Crippen molar-refractivity contribution in [3.63, 3.8) is 0 Å². The summed E-state index contributed by atoms with van der Waals surface area (Å²) in [6, 6.07) is 17.3. The number of likely N-dealkylation sites (N-methyl/N-ethyl adjacent to an activating group) is 1. The topological polar surface area (TPSA) is 72.7 Å². The van der Waals surface area contributed by atoms with E-state index in [1.165, 1.54) is 38.8 Å². The number of rotatable bonds is 12. The molecule has 1 atom stereocenters. The van der Waals surface area contributed by atoms with Crippen molar-refractivity contribution in [1.29, 1.82) is 0 Å². The van der Waals surface area contributed by atoms with Crippen LogP contribution in [0.2, 0.25) is 0 Å². The van der Waals surface area contributed by atoms with Crippen molar-refractivity contribution in [2.45, 2.75) is 77.6 Å². The Balaban J connectivity index is 1.17. The maximum atomic E-state index is 12.4. The van der Waals surface area contributed by atoms with Crippen LogP contribution < -0.4 is 10.2 Å². The standard InChI is InChI=1S/C39H48N4O3/c1-28-27-36(45)43(37(28)46)26-24-40-35(44)23-11-8-16-25-42-32-20-15-13-18-30(32)39(4,5)34(42)22-10-7-9-21-33-38(2,3)29-17-12-14-19-31(29)41(33)6/h7,9-10,12-15,17-22,28H,8,11,16,23-27H2,1-6H3/p+1. The van der Waals surface area contributed by atoms with E-state index in [1.54, 1.807) is 6.92 Å². The van der Waals surface area contributed by atoms with Crippen LogP contribution in [-0.4, -0.2) is 59.6 Å². The van der Waals surface area contributed by atoms with E-state index in [1.807, 2.05) is 0 Å². The fourth-order valence-electron chi connectivity index (χ4n) is 7.25. The van der Waals surface area contributed by atoms with Crippen molar-refractivity contribution in [3.05, 3.63) is 95.7 Å². The highest BCUT2D eigenvalue weighted by atomic mass is 16.2. The van der Waals surface area contributed by atoms with Gasteiger partial charge in [0.25, 0.3) is 0 Å². The van der Waals surface area contributed by atoms with Gasteiger partial charge in [-0.05, 0) is 44.4 Å². The minimum atomic E-state index is -0.255. The molecule has 242 valence electrons. The van der Waals surface area contributed by atoms with Crippen LogP contribution in [0, 0.1) is 5.92 Å². The molecule has 0 spiro atoms. The number of carbonyl (C=O) groups excluding carboxylic acids is 3. The highest BCUT2D eigenvalue weighted by Crippen LogP contribution is 2.46. The van der Waals surface area contributed by atoms with Gasteiger partial charge in [0.15, 0.2) is 5.71 Å². The van der Waals surface area contributed by atoms with Gasteiger partial charge < -0.3 is 10.2 Å². The summed E-state index contributed by atoms with van der Waals surface area (Å²) < 4.78 is 2.44. The molecule has 1 saturated heterocycles. The first-order valence-corrected chi connectivity index (χ1v) is 16.7. The van der Waals surface area contributed by atoms with Crippen molar-refractivity contribution in [2.24, 2.45) is 5.92 Å². The maximum absolute atomic E-state index is 12.4. The molecule has 3 aliphatic rings. The van der Waals surface area contributed by atoms with Crippen LogP contribution >= 0.6 is 0 Å². The average molecular weight is 622 g/mol. The van der Waals surface area contributed by atoms with Crippen molar-refractivity contribution in [1.82, 2.24) is 10.2 Å². The lowest BCUT2D eigenvalue weighted by Gasteiger charge is -2.23. The van der Waals surface area contributed by atoms with Crippen LogP contribution in [0.5, 0.6) is 0 Å². The third-order valence-electron chi connectivity index (χ3n) is 9.88. The monoisotopic (exact) mass is 621 g/mol. The molecule has 1 unspecified atom stereocenters. The zero-order chi connectivity index (χ0) is 33.1. The predicted molar refractivity (Wildman–Crippen MR) is 185 cm³/mol. The van der Waals surface area contributed by atoms with E-state index in [0.717, 1.165) is 25.8 Å². The van der Waals surface area contributed by atoms with Gasteiger partial charge in [-0.1, -0.05) is 75.4 Å². The van der Waals surface area contributed by atoms with Gasteiger partial charge in [0.05, 0.1) is 5.41 Å². The second-order valence-corrected chi connectivity index (χ2v) is 13.8. The van der Waals surface area contributed by atoms with Gasteiger partial charge >= 0.3 is 0 Å². The van der Waals surface area contributed by atoms with E-state index in [9.17, 15) is 14.4 Å². The Morgan fingerprint density at radius 2 is 1.65 bits per heavy atom. The molecule has 0 saturated carbocycles. The molecular weight excluding hydrogens is 572 g/mol. The Morgan fingerprint density at radius 1 is 0.935 bits per heavy atom. The van der Waals surface area contributed by atoms with Crippen LogP contribution in [0.1, 0.15) is 77.8 Å². The summed E-state index contributed by atoms with van der Waals surface area (Å²) in [5, 5.41) is 2.87. The number of carbonyl (C=O) groups is 3. The third kappa shape index (κ3) is 6.51. The van der Waals surface area contributed by atoms with Gasteiger partial charge in [0.2, 0.25) is 23.4 Å². The first-order chi connectivity index (χ1) is 21.9. The lowest BCUT2D eigenvalue weighted by molar-refractivity contribution is -0.438. The molecule has 0 aliphatic carbocycles. The number of unbranched alkanes of at least 4 members (excludes halogenated alkanes) is 2. The van der Waals surface area contributed by atoms with Crippen LogP contribution in [0.15, 0.2) is 84.6 Å². The highest BCUT2D eigenvalue weighted by Gasteiger charge is 2.44. The molecule has 5 rings (SSSR count). The largest absolute Gasteiger partial charge is 0.354 e. The fraction of sp³-hybridized carbons (Fsp3) is 0.436. The third-order valence-corrected chi connectivity index (χ3v) is 9.88. The Bertz CT molecular complexity index is 1630. The Morgan fingerprint density at radius 3 is 2.37 bits per heavy atom. The van der Waals surface area contributed by atoms with Gasteiger partial charge in [-0.15, -0.1) is 0 Å². The molecule has 0 aromatic heterocycles. The maximum Gasteiger partial charge on any atom is 0.232 e. The predicted octanol–water partition coefficient (Wildman–Crippen LogP) is 6.56. The van der Waals surface area contributed by atoms with Crippen molar-refractivity contribution >= 4 is 34.8 Å². The molecule has 46 heavy (non-hydrogen) atoms. The quantitative estimate of drug-likeness (QED) is 0.126. The minimum Gasteiger partial charge on any atom is -0.354 e. The van der Waals surface area contributed by atoms with Gasteiger partial charge in [0, 0.05) is 79.8 Å². The number of likely N-dealkylation sites (tertiary alicyclic amines) is 1. The number of allylic oxidation sites excluding steroid dienone is 6. The Kier molecular flexibility index (Phi) is 9.80. The Hall–Kier alpha value is -4.26. The SMILES string of the molecule is CC1CC(=O)N(CCNC(=O)CCCCC[N+]2=C(/C=C/C=C/C=C3/N(C)c4ccccc4C3(C)C)C(C)(C)c3ccccc32)C1=O. The molecule has 3 aliphatic heterocycles. The molecule has 2 aromatic carbocycles. The second kappa shape index (κ2) is 13.6. The van der Waals surface area contributed by atoms with Crippen LogP contribution in [0.4, 0.5) is 11.4 Å². The van der Waals surface area contributed by atoms with Crippen molar-refractivity contribution in [2.75, 3.05) is 31.6 Å². The average Bonchev–Trinajstić information content (AvgIpc) is 3.48. The summed E-state index contributed by atoms with van der Waals surface area (Å²) >= 11 is 0. The van der Waals surface area contributed by atoms with E-state index in [0.29, 0.717) is 13.0 Å². The summed E-state index contributed by atoms with van der Waals surface area (Å²) in [6.45, 7) is 12.4. The summed E-state index contributed by atoms with van der Waals surface area (Å²) in [5.41, 5.74) is 7.59. The number of fused-ring (bicyclic) bond motifs is 2. The zero-order valence-corrected chi connectivity index (χ0v) is 28.3. The molecule has 7 nitrogen and oxygen atoms in total. The molecule has 1 N–H and O–H groups in total. The number of para-hydroxylation sites is 2. The van der Waals surface area contributed by atoms with Crippen LogP contribution in [0.25, 0.3) is 0 Å². The summed E-state index contributed by atoms with van der Waals surface area (Å²) in [4.78, 5) is 40.0. The van der Waals surface area contributed by atoms with Crippen LogP contribution in [0.3, 0.4) is 0 Å². The number of imide groups is 1. The summed E-state index contributed by atoms with van der Waals surface area (Å²) in [7, 11) is 2.14. The lowest BCUT2D eigenvalue weighted by atomic mass is 9.81. The van der Waals surface area contributed by atoms with E-state index < -0.39 is 0 Å². The van der Waals surface area contributed by atoms with Gasteiger partial charge in [-0.2, -0.15) is 4.58 Å². The van der Waals surface area contributed by atoms with E-state index in [4.69, 9.17) is 0 Å². The summed E-state index contributed by atoms with van der Waals surface area (Å²) in [5.74, 6) is -0.579. The molecular formula is C39H49N4O3+. The number of nitrogens with one attached hydrogen (secondary N) is 1. The smallest absolute Gasteiger partial charge is 0.232 e. The molecule has 3 amide bonds. The first kappa shape index (κ1) is 33.1. The summed E-state index contributed by atoms with van der Waals surface area (Å²) in [6.07, 6.45) is 14.3. The zero-order valence-electron chi connectivity index (χ0n) is 28.3. The molecule has 7 heteroatoms. The molecule has 0 bridgehead atoms. The molecule has 2 aromatic rings. The van der Waals surface area contributed by atoms with Crippen molar-refractivity contribution < 1.29 is 19.0 Å². The number of anilines is 1.